The number of amides is 1. The van der Waals surface area contributed by atoms with Gasteiger partial charge in [0.25, 0.3) is 0 Å². The van der Waals surface area contributed by atoms with Crippen LogP contribution in [0.2, 0.25) is 0 Å². The van der Waals surface area contributed by atoms with Crippen molar-refractivity contribution in [3.8, 4) is 17.2 Å². The van der Waals surface area contributed by atoms with Crippen molar-refractivity contribution >= 4 is 11.9 Å². The number of nitrogens with two attached hydrogens (primary N) is 1. The molecule has 0 heterocycles. The van der Waals surface area contributed by atoms with E-state index in [0.717, 1.165) is 29.5 Å². The molecule has 40 heavy (non-hydrogen) atoms. The third-order valence-corrected chi connectivity index (χ3v) is 6.97. The minimum absolute atomic E-state index is 0.149. The minimum atomic E-state index is -0.391. The van der Waals surface area contributed by atoms with Gasteiger partial charge in [-0.05, 0) is 77.3 Å². The lowest BCUT2D eigenvalue weighted by Gasteiger charge is -2.22. The molecule has 0 aromatic heterocycles. The SMILES string of the molecule is CCc1ccc(-c2ccc(C(N)=O)cc2)cc1.COC(=O)C(Cc1cccc(C#N)c1)C(C)Cc1ccccc1. The molecule has 0 aliphatic rings. The summed E-state index contributed by atoms with van der Waals surface area (Å²) in [6, 6.07) is 35.5. The summed E-state index contributed by atoms with van der Waals surface area (Å²) in [6.45, 7) is 4.21. The Morgan fingerprint density at radius 2 is 1.40 bits per heavy atom. The van der Waals surface area contributed by atoms with Crippen molar-refractivity contribution in [1.29, 1.82) is 5.26 Å². The van der Waals surface area contributed by atoms with Gasteiger partial charge in [-0.1, -0.05) is 92.7 Å². The first-order chi connectivity index (χ1) is 19.3. The number of nitrogens with zero attached hydrogens (tertiary/aromatic N) is 1. The molecule has 5 nitrogen and oxygen atoms in total. The van der Waals surface area contributed by atoms with E-state index in [-0.39, 0.29) is 17.8 Å². The normalized spacial score (nSPS) is 11.8. The number of aryl methyl sites for hydroxylation is 1. The third-order valence-electron chi connectivity index (χ3n) is 6.97. The molecule has 0 spiro atoms. The number of nitriles is 1. The van der Waals surface area contributed by atoms with Gasteiger partial charge < -0.3 is 10.5 Å². The summed E-state index contributed by atoms with van der Waals surface area (Å²) < 4.78 is 5.00. The van der Waals surface area contributed by atoms with Crippen LogP contribution >= 0.6 is 0 Å². The molecular formula is C35H36N2O3. The average molecular weight is 533 g/mol. The van der Waals surface area contributed by atoms with Crippen molar-refractivity contribution in [3.05, 3.63) is 131 Å². The summed E-state index contributed by atoms with van der Waals surface area (Å²) >= 11 is 0. The highest BCUT2D eigenvalue weighted by molar-refractivity contribution is 5.93. The molecule has 2 atom stereocenters. The van der Waals surface area contributed by atoms with Gasteiger partial charge in [0.2, 0.25) is 5.91 Å². The molecule has 0 aliphatic carbocycles. The Balaban J connectivity index is 0.000000230. The molecule has 4 aromatic carbocycles. The maximum atomic E-state index is 12.2. The van der Waals surface area contributed by atoms with E-state index in [1.54, 1.807) is 18.2 Å². The van der Waals surface area contributed by atoms with Gasteiger partial charge in [0.15, 0.2) is 0 Å². The molecule has 0 saturated heterocycles. The highest BCUT2D eigenvalue weighted by atomic mass is 16.5. The van der Waals surface area contributed by atoms with Crippen LogP contribution in [0.4, 0.5) is 0 Å². The monoisotopic (exact) mass is 532 g/mol. The number of methoxy groups -OCH3 is 1. The van der Waals surface area contributed by atoms with Crippen LogP contribution in [-0.4, -0.2) is 19.0 Å². The van der Waals surface area contributed by atoms with Gasteiger partial charge in [0.1, 0.15) is 0 Å². The van der Waals surface area contributed by atoms with Gasteiger partial charge in [-0.2, -0.15) is 5.26 Å². The predicted octanol–water partition coefficient (Wildman–Crippen LogP) is 6.78. The lowest BCUT2D eigenvalue weighted by molar-refractivity contribution is -0.147. The molecule has 0 radical (unpaired) electrons. The van der Waals surface area contributed by atoms with Crippen LogP contribution in [0.3, 0.4) is 0 Å². The standard InChI is InChI=1S/C20H21NO2.C15H15NO/c1-15(11-16-7-4-3-5-8-16)19(20(22)23-2)13-17-9-6-10-18(12-17)14-21;1-2-11-3-5-12(6-4-11)13-7-9-14(10-8-13)15(16)17/h3-10,12,15,19H,11,13H2,1-2H3;3-10H,2H2,1H3,(H2,16,17). The van der Waals surface area contributed by atoms with Crippen LogP contribution in [0.25, 0.3) is 11.1 Å². The number of carbonyl (C=O) groups excluding carboxylic acids is 2. The number of benzene rings is 4. The average Bonchev–Trinajstić information content (AvgIpc) is 3.00. The molecule has 4 aromatic rings. The number of hydrogen-bond donors (Lipinski definition) is 1. The molecule has 1 amide bonds. The Hall–Kier alpha value is -4.69. The molecule has 2 N–H and O–H groups in total. The quantitative estimate of drug-likeness (QED) is 0.240. The molecule has 2 unspecified atom stereocenters. The van der Waals surface area contributed by atoms with E-state index in [1.807, 2.05) is 48.5 Å². The number of rotatable bonds is 9. The Labute approximate surface area is 237 Å². The lowest BCUT2D eigenvalue weighted by atomic mass is 9.84. The molecule has 0 fully saturated rings. The fourth-order valence-electron chi connectivity index (χ4n) is 4.58. The van der Waals surface area contributed by atoms with Gasteiger partial charge in [-0.3, -0.25) is 9.59 Å². The van der Waals surface area contributed by atoms with Crippen molar-refractivity contribution in [2.45, 2.75) is 33.1 Å². The zero-order chi connectivity index (χ0) is 28.9. The van der Waals surface area contributed by atoms with Crippen molar-refractivity contribution in [3.63, 3.8) is 0 Å². The summed E-state index contributed by atoms with van der Waals surface area (Å²) in [4.78, 5) is 23.2. The van der Waals surface area contributed by atoms with Crippen molar-refractivity contribution < 1.29 is 14.3 Å². The Morgan fingerprint density at radius 1 is 0.800 bits per heavy atom. The van der Waals surface area contributed by atoms with Crippen LogP contribution in [-0.2, 0) is 28.8 Å². The van der Waals surface area contributed by atoms with E-state index in [4.69, 9.17) is 15.7 Å². The lowest BCUT2D eigenvalue weighted by Crippen LogP contribution is -2.27. The van der Waals surface area contributed by atoms with Gasteiger partial charge in [0, 0.05) is 5.56 Å². The maximum absolute atomic E-state index is 12.2. The molecule has 0 aliphatic heterocycles. The summed E-state index contributed by atoms with van der Waals surface area (Å²) in [7, 11) is 1.43. The van der Waals surface area contributed by atoms with Gasteiger partial charge in [0.05, 0.1) is 24.7 Å². The van der Waals surface area contributed by atoms with Crippen LogP contribution < -0.4 is 5.73 Å². The molecule has 4 rings (SSSR count). The largest absolute Gasteiger partial charge is 0.469 e. The Morgan fingerprint density at radius 3 is 1.95 bits per heavy atom. The van der Waals surface area contributed by atoms with E-state index >= 15 is 0 Å². The first-order valence-electron chi connectivity index (χ1n) is 13.4. The summed E-state index contributed by atoms with van der Waals surface area (Å²) in [5.41, 5.74) is 12.1. The maximum Gasteiger partial charge on any atom is 0.309 e. The first kappa shape index (κ1) is 29.9. The van der Waals surface area contributed by atoms with Gasteiger partial charge >= 0.3 is 5.97 Å². The second kappa shape index (κ2) is 15.0. The van der Waals surface area contributed by atoms with Crippen LogP contribution in [0, 0.1) is 23.2 Å². The van der Waals surface area contributed by atoms with E-state index in [9.17, 15) is 9.59 Å². The number of carbonyl (C=O) groups is 2. The number of hydrogen-bond acceptors (Lipinski definition) is 4. The minimum Gasteiger partial charge on any atom is -0.469 e. The number of esters is 1. The number of ether oxygens (including phenoxy) is 1. The molecule has 0 saturated carbocycles. The fourth-order valence-corrected chi connectivity index (χ4v) is 4.58. The first-order valence-corrected chi connectivity index (χ1v) is 13.4. The molecule has 5 heteroatoms. The van der Waals surface area contributed by atoms with E-state index in [1.165, 1.54) is 18.2 Å². The molecule has 0 bridgehead atoms. The topological polar surface area (TPSA) is 93.2 Å². The van der Waals surface area contributed by atoms with Crippen LogP contribution in [0.15, 0.2) is 103 Å². The molecular weight excluding hydrogens is 496 g/mol. The summed E-state index contributed by atoms with van der Waals surface area (Å²) in [5, 5.41) is 9.01. The summed E-state index contributed by atoms with van der Waals surface area (Å²) in [6.07, 6.45) is 2.44. The van der Waals surface area contributed by atoms with E-state index in [0.29, 0.717) is 17.5 Å². The summed E-state index contributed by atoms with van der Waals surface area (Å²) in [5.74, 6) is -0.668. The second-order valence-electron chi connectivity index (χ2n) is 9.81. The van der Waals surface area contributed by atoms with Crippen molar-refractivity contribution in [2.75, 3.05) is 7.11 Å². The third kappa shape index (κ3) is 8.68. The highest BCUT2D eigenvalue weighted by Crippen LogP contribution is 2.24. The van der Waals surface area contributed by atoms with E-state index < -0.39 is 5.91 Å². The van der Waals surface area contributed by atoms with Crippen molar-refractivity contribution in [1.82, 2.24) is 0 Å². The van der Waals surface area contributed by atoms with Crippen molar-refractivity contribution in [2.24, 2.45) is 17.6 Å². The van der Waals surface area contributed by atoms with Gasteiger partial charge in [-0.25, -0.2) is 0 Å². The predicted molar refractivity (Wildman–Crippen MR) is 159 cm³/mol. The smallest absolute Gasteiger partial charge is 0.309 e. The van der Waals surface area contributed by atoms with E-state index in [2.05, 4.69) is 56.3 Å². The zero-order valence-electron chi connectivity index (χ0n) is 23.3. The van der Waals surface area contributed by atoms with Crippen LogP contribution in [0.5, 0.6) is 0 Å². The van der Waals surface area contributed by atoms with Gasteiger partial charge in [-0.15, -0.1) is 0 Å². The highest BCUT2D eigenvalue weighted by Gasteiger charge is 2.26. The molecule has 204 valence electrons. The Bertz CT molecular complexity index is 1420. The number of primary amides is 1. The Kier molecular flexibility index (Phi) is 11.2. The van der Waals surface area contributed by atoms with Crippen LogP contribution in [0.1, 0.15) is 46.5 Å². The fraction of sp³-hybridized carbons (Fsp3) is 0.229. The zero-order valence-corrected chi connectivity index (χ0v) is 23.3. The second-order valence-corrected chi connectivity index (χ2v) is 9.81.